The predicted molar refractivity (Wildman–Crippen MR) is 157 cm³/mol. The first-order valence-electron chi connectivity index (χ1n) is 13.8. The lowest BCUT2D eigenvalue weighted by molar-refractivity contribution is 0.0519. The molecule has 0 bridgehead atoms. The number of ether oxygens (including phenoxy) is 2. The first-order chi connectivity index (χ1) is 18.9. The number of nitrogens with zero attached hydrogens (tertiary/aromatic N) is 3. The SMILES string of the molecule is CCOC(=O)c1cc(-c2ccc(N3CCOCC3)cc2)c(C(=N)C(C)C)c(Nc2cccc(N3CCC3)c2)n1. The fourth-order valence-corrected chi connectivity index (χ4v) is 4.90. The van der Waals surface area contributed by atoms with Gasteiger partial charge >= 0.3 is 5.97 Å². The molecule has 0 atom stereocenters. The summed E-state index contributed by atoms with van der Waals surface area (Å²) in [6, 6.07) is 18.3. The minimum atomic E-state index is -0.483. The minimum absolute atomic E-state index is 0.0420. The van der Waals surface area contributed by atoms with Gasteiger partial charge in [-0.2, -0.15) is 0 Å². The molecule has 2 aliphatic heterocycles. The van der Waals surface area contributed by atoms with Crippen molar-refractivity contribution in [1.29, 1.82) is 5.41 Å². The Morgan fingerprint density at radius 3 is 2.38 bits per heavy atom. The molecule has 0 spiro atoms. The van der Waals surface area contributed by atoms with Gasteiger partial charge in [-0.1, -0.05) is 32.0 Å². The van der Waals surface area contributed by atoms with E-state index >= 15 is 0 Å². The summed E-state index contributed by atoms with van der Waals surface area (Å²) in [5.74, 6) is -0.0458. The van der Waals surface area contributed by atoms with Crippen LogP contribution in [-0.4, -0.2) is 62.7 Å². The monoisotopic (exact) mass is 527 g/mol. The second-order valence-electron chi connectivity index (χ2n) is 10.2. The molecule has 0 saturated carbocycles. The molecular weight excluding hydrogens is 490 g/mol. The van der Waals surface area contributed by atoms with Crippen molar-refractivity contribution in [2.45, 2.75) is 27.2 Å². The number of morpholine rings is 1. The highest BCUT2D eigenvalue weighted by molar-refractivity contribution is 6.10. The van der Waals surface area contributed by atoms with E-state index in [1.807, 2.05) is 26.0 Å². The summed E-state index contributed by atoms with van der Waals surface area (Å²) in [6.07, 6.45) is 1.20. The van der Waals surface area contributed by atoms with E-state index in [2.05, 4.69) is 51.5 Å². The Hall–Kier alpha value is -3.91. The van der Waals surface area contributed by atoms with Gasteiger partial charge in [-0.05, 0) is 66.8 Å². The van der Waals surface area contributed by atoms with E-state index in [1.165, 1.54) is 6.42 Å². The molecule has 0 radical (unpaired) electrons. The average molecular weight is 528 g/mol. The molecule has 2 fully saturated rings. The maximum atomic E-state index is 12.9. The molecule has 2 aliphatic rings. The first kappa shape index (κ1) is 26.7. The van der Waals surface area contributed by atoms with Crippen LogP contribution in [0, 0.1) is 11.3 Å². The Morgan fingerprint density at radius 1 is 1.03 bits per heavy atom. The maximum absolute atomic E-state index is 12.9. The van der Waals surface area contributed by atoms with Crippen molar-refractivity contribution in [1.82, 2.24) is 4.98 Å². The van der Waals surface area contributed by atoms with Gasteiger partial charge in [-0.3, -0.25) is 0 Å². The van der Waals surface area contributed by atoms with Crippen LogP contribution in [0.3, 0.4) is 0 Å². The number of anilines is 4. The topological polar surface area (TPSA) is 90.8 Å². The van der Waals surface area contributed by atoms with Gasteiger partial charge in [0.1, 0.15) is 5.82 Å². The highest BCUT2D eigenvalue weighted by Crippen LogP contribution is 2.35. The van der Waals surface area contributed by atoms with Crippen LogP contribution in [0.4, 0.5) is 22.9 Å². The van der Waals surface area contributed by atoms with E-state index in [4.69, 9.17) is 19.9 Å². The van der Waals surface area contributed by atoms with Gasteiger partial charge in [0, 0.05) is 54.5 Å². The number of hydrogen-bond acceptors (Lipinski definition) is 8. The van der Waals surface area contributed by atoms with Crippen LogP contribution in [0.25, 0.3) is 11.1 Å². The number of benzene rings is 2. The van der Waals surface area contributed by atoms with Crippen molar-refractivity contribution in [3.63, 3.8) is 0 Å². The van der Waals surface area contributed by atoms with Crippen LogP contribution in [0.15, 0.2) is 54.6 Å². The van der Waals surface area contributed by atoms with Gasteiger partial charge in [0.2, 0.25) is 0 Å². The van der Waals surface area contributed by atoms with Crippen molar-refractivity contribution in [3.05, 3.63) is 65.9 Å². The zero-order chi connectivity index (χ0) is 27.4. The summed E-state index contributed by atoms with van der Waals surface area (Å²) in [5.41, 5.74) is 6.18. The molecule has 0 unspecified atom stereocenters. The molecule has 2 saturated heterocycles. The number of nitrogens with one attached hydrogen (secondary N) is 2. The van der Waals surface area contributed by atoms with Gasteiger partial charge in [0.15, 0.2) is 5.69 Å². The Balaban J connectivity index is 1.59. The lowest BCUT2D eigenvalue weighted by atomic mass is 9.91. The predicted octanol–water partition coefficient (Wildman–Crippen LogP) is 5.74. The fraction of sp³-hybridized carbons (Fsp3) is 0.387. The highest BCUT2D eigenvalue weighted by atomic mass is 16.5. The summed E-state index contributed by atoms with van der Waals surface area (Å²) in [6.45, 7) is 11.3. The van der Waals surface area contributed by atoms with E-state index in [0.29, 0.717) is 17.1 Å². The van der Waals surface area contributed by atoms with E-state index < -0.39 is 5.97 Å². The standard InChI is InChI=1S/C31H37N5O3/c1-4-39-31(37)27-20-26(22-9-11-24(12-10-22)36-15-17-38-18-16-36)28(29(32)21(2)3)30(34-27)33-23-7-5-8-25(19-23)35-13-6-14-35/h5,7-12,19-21,32H,4,6,13-18H2,1-3H3,(H,33,34). The molecular formula is C31H37N5O3. The third-order valence-electron chi connectivity index (χ3n) is 7.24. The molecule has 8 nitrogen and oxygen atoms in total. The van der Waals surface area contributed by atoms with Gasteiger partial charge in [-0.25, -0.2) is 9.78 Å². The molecule has 39 heavy (non-hydrogen) atoms. The smallest absolute Gasteiger partial charge is 0.357 e. The van der Waals surface area contributed by atoms with Gasteiger partial charge in [0.25, 0.3) is 0 Å². The van der Waals surface area contributed by atoms with E-state index in [1.54, 1.807) is 13.0 Å². The number of aromatic nitrogens is 1. The maximum Gasteiger partial charge on any atom is 0.357 e. The Bertz CT molecular complexity index is 1330. The number of hydrogen-bond donors (Lipinski definition) is 2. The second kappa shape index (κ2) is 11.9. The van der Waals surface area contributed by atoms with Crippen LogP contribution in [0.1, 0.15) is 43.2 Å². The molecule has 2 N–H and O–H groups in total. The Labute approximate surface area is 230 Å². The largest absolute Gasteiger partial charge is 0.461 e. The lowest BCUT2D eigenvalue weighted by Gasteiger charge is -2.33. The Morgan fingerprint density at radius 2 is 1.74 bits per heavy atom. The lowest BCUT2D eigenvalue weighted by Crippen LogP contribution is -2.36. The second-order valence-corrected chi connectivity index (χ2v) is 10.2. The molecule has 0 aliphatic carbocycles. The quantitative estimate of drug-likeness (QED) is 0.271. The van der Waals surface area contributed by atoms with Crippen molar-refractivity contribution >= 4 is 34.6 Å². The molecule has 8 heteroatoms. The van der Waals surface area contributed by atoms with E-state index in [0.717, 1.165) is 67.6 Å². The number of pyridine rings is 1. The molecule has 1 aromatic heterocycles. The minimum Gasteiger partial charge on any atom is -0.461 e. The van der Waals surface area contributed by atoms with Gasteiger partial charge < -0.3 is 30.0 Å². The molecule has 5 rings (SSSR count). The molecule has 0 amide bonds. The summed E-state index contributed by atoms with van der Waals surface area (Å²) in [5, 5.41) is 12.5. The summed E-state index contributed by atoms with van der Waals surface area (Å²) in [4.78, 5) is 22.3. The fourth-order valence-electron chi connectivity index (χ4n) is 4.90. The molecule has 2 aromatic carbocycles. The molecule has 204 valence electrons. The van der Waals surface area contributed by atoms with Crippen LogP contribution in [0.2, 0.25) is 0 Å². The van der Waals surface area contributed by atoms with Crippen molar-refractivity contribution < 1.29 is 14.3 Å². The van der Waals surface area contributed by atoms with E-state index in [-0.39, 0.29) is 18.2 Å². The van der Waals surface area contributed by atoms with E-state index in [9.17, 15) is 4.79 Å². The Kier molecular flexibility index (Phi) is 8.12. The summed E-state index contributed by atoms with van der Waals surface area (Å²) < 4.78 is 10.8. The van der Waals surface area contributed by atoms with Crippen molar-refractivity contribution in [2.75, 3.05) is 61.1 Å². The average Bonchev–Trinajstić information content (AvgIpc) is 2.92. The van der Waals surface area contributed by atoms with Gasteiger partial charge in [0.05, 0.1) is 19.8 Å². The third-order valence-corrected chi connectivity index (χ3v) is 7.24. The molecule has 3 aromatic rings. The van der Waals surface area contributed by atoms with Crippen molar-refractivity contribution in [2.24, 2.45) is 5.92 Å². The van der Waals surface area contributed by atoms with Crippen LogP contribution in [0.5, 0.6) is 0 Å². The number of carbonyl (C=O) groups is 1. The van der Waals surface area contributed by atoms with Crippen LogP contribution >= 0.6 is 0 Å². The first-order valence-corrected chi connectivity index (χ1v) is 13.8. The number of esters is 1. The number of rotatable bonds is 9. The summed E-state index contributed by atoms with van der Waals surface area (Å²) in [7, 11) is 0. The zero-order valence-electron chi connectivity index (χ0n) is 23.0. The number of carbonyl (C=O) groups excluding carboxylic acids is 1. The zero-order valence-corrected chi connectivity index (χ0v) is 23.0. The molecule has 3 heterocycles. The van der Waals surface area contributed by atoms with Crippen LogP contribution < -0.4 is 15.1 Å². The van der Waals surface area contributed by atoms with Gasteiger partial charge in [-0.15, -0.1) is 0 Å². The normalized spacial score (nSPS) is 15.2. The summed E-state index contributed by atoms with van der Waals surface area (Å²) >= 11 is 0. The van der Waals surface area contributed by atoms with Crippen LogP contribution in [-0.2, 0) is 9.47 Å². The van der Waals surface area contributed by atoms with Crippen molar-refractivity contribution in [3.8, 4) is 11.1 Å². The highest BCUT2D eigenvalue weighted by Gasteiger charge is 2.24. The third kappa shape index (κ3) is 5.91.